The summed E-state index contributed by atoms with van der Waals surface area (Å²) in [4.78, 5) is 33.4. The Hall–Kier alpha value is -1.83. The van der Waals surface area contributed by atoms with Crippen LogP contribution in [0.5, 0.6) is 0 Å². The lowest BCUT2D eigenvalue weighted by atomic mass is 10.2. The molecule has 5 N–H and O–H groups in total. The van der Waals surface area contributed by atoms with Crippen molar-refractivity contribution in [3.05, 3.63) is 0 Å². The second kappa shape index (κ2) is 5.91. The summed E-state index contributed by atoms with van der Waals surface area (Å²) in [6.45, 7) is 0.894. The van der Waals surface area contributed by atoms with Gasteiger partial charge in [0.15, 0.2) is 6.04 Å². The fourth-order valence-corrected chi connectivity index (χ4v) is 0.937. The first-order chi connectivity index (χ1) is 7.25. The van der Waals surface area contributed by atoms with Gasteiger partial charge in [-0.25, -0.2) is 9.59 Å². The van der Waals surface area contributed by atoms with Crippen LogP contribution in [-0.4, -0.2) is 58.8 Å². The van der Waals surface area contributed by atoms with Gasteiger partial charge in [0.2, 0.25) is 5.91 Å². The molecule has 0 saturated carbocycles. The molecule has 0 aliphatic heterocycles. The lowest BCUT2D eigenvalue weighted by molar-refractivity contribution is -0.141. The lowest BCUT2D eigenvalue weighted by Gasteiger charge is -2.21. The Morgan fingerprint density at radius 1 is 1.44 bits per heavy atom. The van der Waals surface area contributed by atoms with Crippen LogP contribution in [-0.2, 0) is 9.59 Å². The van der Waals surface area contributed by atoms with Crippen molar-refractivity contribution in [2.24, 2.45) is 5.73 Å². The number of rotatable bonds is 5. The average molecular weight is 233 g/mol. The first-order valence-corrected chi connectivity index (χ1v) is 4.46. The Morgan fingerprint density at radius 3 is 2.25 bits per heavy atom. The smallest absolute Gasteiger partial charge is 0.328 e. The summed E-state index contributed by atoms with van der Waals surface area (Å²) in [7, 11) is 1.28. The number of likely N-dealkylation sites (N-methyl/N-ethyl adjacent to an activating group) is 1. The predicted octanol–water partition coefficient (Wildman–Crippen LogP) is -2.05. The van der Waals surface area contributed by atoms with Crippen molar-refractivity contribution in [3.63, 3.8) is 0 Å². The van der Waals surface area contributed by atoms with E-state index in [9.17, 15) is 14.4 Å². The topological polar surface area (TPSA) is 133 Å². The molecule has 8 nitrogen and oxygen atoms in total. The highest BCUT2D eigenvalue weighted by molar-refractivity contribution is 5.86. The van der Waals surface area contributed by atoms with Crippen LogP contribution in [0.15, 0.2) is 0 Å². The Kier molecular flexibility index (Phi) is 5.23. The zero-order valence-corrected chi connectivity index (χ0v) is 9.01. The van der Waals surface area contributed by atoms with E-state index in [4.69, 9.17) is 15.9 Å². The summed E-state index contributed by atoms with van der Waals surface area (Å²) in [6, 6.07) is -2.23. The van der Waals surface area contributed by atoms with Gasteiger partial charge in [-0.15, -0.1) is 0 Å². The molecular weight excluding hydrogens is 218 g/mol. The number of carboxylic acids is 1. The number of hydrogen-bond acceptors (Lipinski definition) is 4. The van der Waals surface area contributed by atoms with Crippen LogP contribution in [0, 0.1) is 0 Å². The third kappa shape index (κ3) is 4.60. The van der Waals surface area contributed by atoms with Crippen LogP contribution in [0.1, 0.15) is 6.92 Å². The normalized spacial score (nSPS) is 13.7. The maximum atomic E-state index is 11.3. The van der Waals surface area contributed by atoms with Crippen molar-refractivity contribution in [2.45, 2.75) is 19.1 Å². The van der Waals surface area contributed by atoms with Crippen LogP contribution in [0.2, 0.25) is 0 Å². The van der Waals surface area contributed by atoms with E-state index < -0.39 is 30.1 Å². The van der Waals surface area contributed by atoms with E-state index in [2.05, 4.69) is 5.32 Å². The highest BCUT2D eigenvalue weighted by atomic mass is 16.4. The van der Waals surface area contributed by atoms with Gasteiger partial charge in [0.05, 0.1) is 6.10 Å². The molecule has 0 bridgehead atoms. The zero-order chi connectivity index (χ0) is 12.9. The average Bonchev–Trinajstić information content (AvgIpc) is 2.11. The first kappa shape index (κ1) is 14.2. The van der Waals surface area contributed by atoms with Crippen LogP contribution < -0.4 is 11.1 Å². The maximum Gasteiger partial charge on any atom is 0.328 e. The molecule has 0 aromatic rings. The SMILES string of the molecule is CC(O)C(NC(=O)N(C)CC(N)=O)C(=O)O. The largest absolute Gasteiger partial charge is 0.480 e. The number of carboxylic acid groups (broad SMARTS) is 1. The van der Waals surface area contributed by atoms with Crippen molar-refractivity contribution in [2.75, 3.05) is 13.6 Å². The lowest BCUT2D eigenvalue weighted by Crippen LogP contribution is -2.52. The van der Waals surface area contributed by atoms with Gasteiger partial charge < -0.3 is 26.2 Å². The van der Waals surface area contributed by atoms with Crippen molar-refractivity contribution in [1.82, 2.24) is 10.2 Å². The molecule has 3 amide bonds. The van der Waals surface area contributed by atoms with Gasteiger partial charge in [-0.3, -0.25) is 4.79 Å². The number of nitrogens with one attached hydrogen (secondary N) is 1. The number of hydrogen-bond donors (Lipinski definition) is 4. The van der Waals surface area contributed by atoms with E-state index in [1.54, 1.807) is 0 Å². The minimum absolute atomic E-state index is 0.335. The Bertz CT molecular complexity index is 291. The molecule has 92 valence electrons. The Balaban J connectivity index is 4.40. The van der Waals surface area contributed by atoms with E-state index in [1.165, 1.54) is 14.0 Å². The summed E-state index contributed by atoms with van der Waals surface area (Å²) in [6.07, 6.45) is -1.25. The Morgan fingerprint density at radius 2 is 1.94 bits per heavy atom. The zero-order valence-electron chi connectivity index (χ0n) is 9.01. The fourth-order valence-electron chi connectivity index (χ4n) is 0.937. The number of aliphatic hydroxyl groups is 1. The van der Waals surface area contributed by atoms with Gasteiger partial charge in [-0.1, -0.05) is 0 Å². The number of nitrogens with zero attached hydrogens (tertiary/aromatic N) is 1. The second-order valence-corrected chi connectivity index (χ2v) is 3.33. The molecule has 0 rings (SSSR count). The van der Waals surface area contributed by atoms with Crippen LogP contribution in [0.25, 0.3) is 0 Å². The molecule has 2 unspecified atom stereocenters. The van der Waals surface area contributed by atoms with Gasteiger partial charge in [-0.05, 0) is 6.92 Å². The third-order valence-electron chi connectivity index (χ3n) is 1.77. The quantitative estimate of drug-likeness (QED) is 0.433. The summed E-state index contributed by atoms with van der Waals surface area (Å²) < 4.78 is 0. The van der Waals surface area contributed by atoms with Gasteiger partial charge in [0.25, 0.3) is 0 Å². The summed E-state index contributed by atoms with van der Waals surface area (Å²) >= 11 is 0. The van der Waals surface area contributed by atoms with Crippen molar-refractivity contribution in [3.8, 4) is 0 Å². The molecule has 0 aromatic carbocycles. The molecule has 16 heavy (non-hydrogen) atoms. The van der Waals surface area contributed by atoms with Gasteiger partial charge in [0, 0.05) is 7.05 Å². The van der Waals surface area contributed by atoms with E-state index in [0.29, 0.717) is 0 Å². The number of urea groups is 1. The molecule has 0 heterocycles. The molecule has 0 aliphatic carbocycles. The van der Waals surface area contributed by atoms with Gasteiger partial charge in [0.1, 0.15) is 6.54 Å². The highest BCUT2D eigenvalue weighted by Gasteiger charge is 2.26. The predicted molar refractivity (Wildman–Crippen MR) is 53.5 cm³/mol. The van der Waals surface area contributed by atoms with E-state index in [1.807, 2.05) is 0 Å². The van der Waals surface area contributed by atoms with E-state index in [-0.39, 0.29) is 6.54 Å². The first-order valence-electron chi connectivity index (χ1n) is 4.46. The number of primary amides is 1. The monoisotopic (exact) mass is 233 g/mol. The molecule has 0 spiro atoms. The molecule has 8 heteroatoms. The van der Waals surface area contributed by atoms with Gasteiger partial charge in [-0.2, -0.15) is 0 Å². The number of aliphatic carboxylic acids is 1. The molecule has 0 aliphatic rings. The number of carbonyl (C=O) groups excluding carboxylic acids is 2. The van der Waals surface area contributed by atoms with Crippen LogP contribution >= 0.6 is 0 Å². The molecule has 0 saturated heterocycles. The highest BCUT2D eigenvalue weighted by Crippen LogP contribution is 1.95. The molecule has 0 radical (unpaired) electrons. The number of nitrogens with two attached hydrogens (primary N) is 1. The van der Waals surface area contributed by atoms with Crippen molar-refractivity contribution >= 4 is 17.9 Å². The van der Waals surface area contributed by atoms with Crippen molar-refractivity contribution < 1.29 is 24.6 Å². The minimum atomic E-state index is -1.43. The fraction of sp³-hybridized carbons (Fsp3) is 0.625. The minimum Gasteiger partial charge on any atom is -0.480 e. The number of aliphatic hydroxyl groups excluding tert-OH is 1. The number of carbonyl (C=O) groups is 3. The molecule has 0 fully saturated rings. The Labute approximate surface area is 92.0 Å². The molecule has 2 atom stereocenters. The summed E-state index contributed by atoms with van der Waals surface area (Å²) in [5.41, 5.74) is 4.86. The van der Waals surface area contributed by atoms with Crippen LogP contribution in [0.3, 0.4) is 0 Å². The van der Waals surface area contributed by atoms with E-state index >= 15 is 0 Å². The summed E-state index contributed by atoms with van der Waals surface area (Å²) in [5, 5.41) is 19.8. The molecule has 0 aromatic heterocycles. The van der Waals surface area contributed by atoms with Crippen molar-refractivity contribution in [1.29, 1.82) is 0 Å². The third-order valence-corrected chi connectivity index (χ3v) is 1.77. The van der Waals surface area contributed by atoms with Gasteiger partial charge >= 0.3 is 12.0 Å². The maximum absolute atomic E-state index is 11.3. The standard InChI is InChI=1S/C8H15N3O5/c1-4(12)6(7(14)15)10-8(16)11(2)3-5(9)13/h4,6,12H,3H2,1-2H3,(H2,9,13)(H,10,16)(H,14,15). The summed E-state index contributed by atoms with van der Waals surface area (Å²) in [5.74, 6) is -2.09. The van der Waals surface area contributed by atoms with Crippen LogP contribution in [0.4, 0.5) is 4.79 Å². The van der Waals surface area contributed by atoms with E-state index in [0.717, 1.165) is 4.90 Å². The second-order valence-electron chi connectivity index (χ2n) is 3.33. The number of amides is 3. The molecular formula is C8H15N3O5.